The van der Waals surface area contributed by atoms with Crippen LogP contribution >= 0.6 is 11.6 Å². The number of aliphatic hydroxyl groups excluding tert-OH is 2. The first-order valence-corrected chi connectivity index (χ1v) is 5.44. The molecule has 0 radical (unpaired) electrons. The van der Waals surface area contributed by atoms with Crippen LogP contribution in [0.5, 0.6) is 0 Å². The van der Waals surface area contributed by atoms with E-state index in [2.05, 4.69) is 5.32 Å². The van der Waals surface area contributed by atoms with Crippen molar-refractivity contribution in [3.8, 4) is 0 Å². The standard InChI is InChI=1S/C11H15ClFNO2/c12-9-1-2-11(13)8(5-9)3-4-14-10(6-15)7-16/h1-2,5,10,14-16H,3-4,6-7H2. The monoisotopic (exact) mass is 247 g/mol. The maximum atomic E-state index is 13.3. The van der Waals surface area contributed by atoms with E-state index in [1.54, 1.807) is 6.07 Å². The summed E-state index contributed by atoms with van der Waals surface area (Å²) >= 11 is 5.75. The molecule has 1 aromatic carbocycles. The Bertz CT molecular complexity index is 332. The highest BCUT2D eigenvalue weighted by atomic mass is 35.5. The van der Waals surface area contributed by atoms with Crippen molar-refractivity contribution in [3.05, 3.63) is 34.6 Å². The quantitative estimate of drug-likeness (QED) is 0.702. The summed E-state index contributed by atoms with van der Waals surface area (Å²) in [6.45, 7) is 0.187. The van der Waals surface area contributed by atoms with Gasteiger partial charge in [-0.2, -0.15) is 0 Å². The largest absolute Gasteiger partial charge is 0.395 e. The second kappa shape index (κ2) is 6.81. The molecule has 0 spiro atoms. The van der Waals surface area contributed by atoms with Crippen molar-refractivity contribution in [1.82, 2.24) is 5.32 Å². The number of aliphatic hydroxyl groups is 2. The molecule has 0 fully saturated rings. The summed E-state index contributed by atoms with van der Waals surface area (Å²) in [5, 5.41) is 21.0. The van der Waals surface area contributed by atoms with E-state index in [0.717, 1.165) is 0 Å². The molecule has 90 valence electrons. The average molecular weight is 248 g/mol. The van der Waals surface area contributed by atoms with Gasteiger partial charge in [0.15, 0.2) is 0 Å². The first kappa shape index (κ1) is 13.4. The summed E-state index contributed by atoms with van der Waals surface area (Å²) in [4.78, 5) is 0. The Kier molecular flexibility index (Phi) is 5.69. The Morgan fingerprint density at radius 2 is 2.00 bits per heavy atom. The van der Waals surface area contributed by atoms with E-state index in [1.807, 2.05) is 0 Å². The Balaban J connectivity index is 2.45. The molecule has 0 aliphatic heterocycles. The predicted molar refractivity (Wildman–Crippen MR) is 61.1 cm³/mol. The van der Waals surface area contributed by atoms with E-state index in [0.29, 0.717) is 23.6 Å². The number of hydrogen-bond acceptors (Lipinski definition) is 3. The summed E-state index contributed by atoms with van der Waals surface area (Å²) in [7, 11) is 0. The van der Waals surface area contributed by atoms with Crippen LogP contribution in [-0.4, -0.2) is 36.0 Å². The number of hydrogen-bond donors (Lipinski definition) is 3. The summed E-state index contributed by atoms with van der Waals surface area (Å²) < 4.78 is 13.3. The molecule has 0 aliphatic rings. The molecular formula is C11H15ClFNO2. The Labute approximate surface area is 98.9 Å². The maximum Gasteiger partial charge on any atom is 0.126 e. The van der Waals surface area contributed by atoms with Crippen LogP contribution < -0.4 is 5.32 Å². The number of rotatable bonds is 6. The molecule has 0 saturated heterocycles. The summed E-state index contributed by atoms with van der Waals surface area (Å²) in [5.41, 5.74) is 0.523. The van der Waals surface area contributed by atoms with Gasteiger partial charge in [-0.05, 0) is 36.7 Å². The van der Waals surface area contributed by atoms with E-state index >= 15 is 0 Å². The van der Waals surface area contributed by atoms with Gasteiger partial charge in [0.1, 0.15) is 5.82 Å². The third kappa shape index (κ3) is 4.06. The minimum Gasteiger partial charge on any atom is -0.395 e. The molecule has 0 bridgehead atoms. The smallest absolute Gasteiger partial charge is 0.126 e. The van der Waals surface area contributed by atoms with Crippen LogP contribution in [0.25, 0.3) is 0 Å². The third-order valence-corrected chi connectivity index (χ3v) is 2.51. The fourth-order valence-corrected chi connectivity index (χ4v) is 1.53. The first-order valence-electron chi connectivity index (χ1n) is 5.06. The van der Waals surface area contributed by atoms with Crippen molar-refractivity contribution in [2.75, 3.05) is 19.8 Å². The predicted octanol–water partition coefficient (Wildman–Crippen LogP) is 0.964. The molecule has 0 aromatic heterocycles. The molecule has 0 unspecified atom stereocenters. The maximum absolute atomic E-state index is 13.3. The third-order valence-electron chi connectivity index (χ3n) is 2.28. The van der Waals surface area contributed by atoms with Crippen LogP contribution in [0.15, 0.2) is 18.2 Å². The van der Waals surface area contributed by atoms with E-state index in [-0.39, 0.29) is 25.1 Å². The van der Waals surface area contributed by atoms with Crippen LogP contribution in [0.2, 0.25) is 5.02 Å². The number of nitrogens with one attached hydrogen (secondary N) is 1. The summed E-state index contributed by atoms with van der Waals surface area (Å²) in [6, 6.07) is 4.04. The van der Waals surface area contributed by atoms with E-state index in [1.165, 1.54) is 12.1 Å². The molecule has 0 saturated carbocycles. The van der Waals surface area contributed by atoms with Gasteiger partial charge in [0.25, 0.3) is 0 Å². The fraction of sp³-hybridized carbons (Fsp3) is 0.455. The molecule has 1 aromatic rings. The molecule has 5 heteroatoms. The topological polar surface area (TPSA) is 52.5 Å². The molecule has 0 aliphatic carbocycles. The Hall–Kier alpha value is -0.680. The van der Waals surface area contributed by atoms with Gasteiger partial charge in [0, 0.05) is 5.02 Å². The zero-order chi connectivity index (χ0) is 12.0. The molecule has 3 nitrogen and oxygen atoms in total. The van der Waals surface area contributed by atoms with Gasteiger partial charge in [-0.25, -0.2) is 4.39 Å². The second-order valence-corrected chi connectivity index (χ2v) is 3.94. The van der Waals surface area contributed by atoms with Crippen molar-refractivity contribution >= 4 is 11.6 Å². The van der Waals surface area contributed by atoms with Crippen LogP contribution in [-0.2, 0) is 6.42 Å². The van der Waals surface area contributed by atoms with Crippen LogP contribution in [0.4, 0.5) is 4.39 Å². The minimum absolute atomic E-state index is 0.144. The number of halogens is 2. The molecule has 0 amide bonds. The zero-order valence-electron chi connectivity index (χ0n) is 8.79. The summed E-state index contributed by atoms with van der Waals surface area (Å²) in [5.74, 6) is -0.296. The van der Waals surface area contributed by atoms with Gasteiger partial charge in [-0.15, -0.1) is 0 Å². The summed E-state index contributed by atoms with van der Waals surface area (Å²) in [6.07, 6.45) is 0.461. The van der Waals surface area contributed by atoms with Crippen LogP contribution in [0.1, 0.15) is 5.56 Å². The first-order chi connectivity index (χ1) is 7.67. The molecule has 0 heterocycles. The van der Waals surface area contributed by atoms with Gasteiger partial charge in [0.05, 0.1) is 19.3 Å². The average Bonchev–Trinajstić information content (AvgIpc) is 2.29. The molecule has 16 heavy (non-hydrogen) atoms. The minimum atomic E-state index is -0.359. The normalized spacial score (nSPS) is 11.1. The Morgan fingerprint density at radius 1 is 1.31 bits per heavy atom. The number of benzene rings is 1. The van der Waals surface area contributed by atoms with Gasteiger partial charge in [-0.1, -0.05) is 11.6 Å². The van der Waals surface area contributed by atoms with E-state index in [9.17, 15) is 4.39 Å². The van der Waals surface area contributed by atoms with Crippen molar-refractivity contribution < 1.29 is 14.6 Å². The van der Waals surface area contributed by atoms with Crippen molar-refractivity contribution in [2.24, 2.45) is 0 Å². The lowest BCUT2D eigenvalue weighted by molar-refractivity contribution is 0.171. The SMILES string of the molecule is OCC(CO)NCCc1cc(Cl)ccc1F. The molecule has 0 atom stereocenters. The Morgan fingerprint density at radius 3 is 2.62 bits per heavy atom. The highest BCUT2D eigenvalue weighted by molar-refractivity contribution is 6.30. The highest BCUT2D eigenvalue weighted by Gasteiger charge is 2.06. The lowest BCUT2D eigenvalue weighted by atomic mass is 10.1. The van der Waals surface area contributed by atoms with E-state index < -0.39 is 0 Å². The van der Waals surface area contributed by atoms with Gasteiger partial charge >= 0.3 is 0 Å². The van der Waals surface area contributed by atoms with Gasteiger partial charge in [-0.3, -0.25) is 0 Å². The van der Waals surface area contributed by atoms with Crippen molar-refractivity contribution in [2.45, 2.75) is 12.5 Å². The van der Waals surface area contributed by atoms with Crippen molar-refractivity contribution in [1.29, 1.82) is 0 Å². The van der Waals surface area contributed by atoms with Gasteiger partial charge in [0.2, 0.25) is 0 Å². The van der Waals surface area contributed by atoms with Crippen LogP contribution in [0, 0.1) is 5.82 Å². The molecule has 3 N–H and O–H groups in total. The lowest BCUT2D eigenvalue weighted by Gasteiger charge is -2.13. The van der Waals surface area contributed by atoms with Gasteiger partial charge < -0.3 is 15.5 Å². The van der Waals surface area contributed by atoms with Crippen LogP contribution in [0.3, 0.4) is 0 Å². The fourth-order valence-electron chi connectivity index (χ4n) is 1.33. The highest BCUT2D eigenvalue weighted by Crippen LogP contribution is 2.14. The van der Waals surface area contributed by atoms with Crippen molar-refractivity contribution in [3.63, 3.8) is 0 Å². The second-order valence-electron chi connectivity index (χ2n) is 3.50. The lowest BCUT2D eigenvalue weighted by Crippen LogP contribution is -2.37. The zero-order valence-corrected chi connectivity index (χ0v) is 9.54. The van der Waals surface area contributed by atoms with E-state index in [4.69, 9.17) is 21.8 Å². The molecule has 1 rings (SSSR count). The molecular weight excluding hydrogens is 233 g/mol.